The van der Waals surface area contributed by atoms with Crippen LogP contribution in [0.1, 0.15) is 22.3 Å². The van der Waals surface area contributed by atoms with E-state index in [4.69, 9.17) is 9.72 Å². The van der Waals surface area contributed by atoms with Gasteiger partial charge in [0.1, 0.15) is 5.75 Å². The summed E-state index contributed by atoms with van der Waals surface area (Å²) in [7, 11) is 1.71. The molecule has 4 aliphatic rings. The number of hydrogen-bond acceptors (Lipinski definition) is 2. The molecule has 2 heteroatoms. The maximum atomic E-state index is 5.49. The monoisotopic (exact) mass is 441 g/mol. The molecular formula is C32H27NO. The van der Waals surface area contributed by atoms with Gasteiger partial charge in [0.25, 0.3) is 0 Å². The molecule has 0 radical (unpaired) electrons. The lowest BCUT2D eigenvalue weighted by Gasteiger charge is -2.18. The fraction of sp³-hybridized carbons (Fsp3) is 0.156. The lowest BCUT2D eigenvalue weighted by atomic mass is 9.89. The minimum atomic E-state index is 0.851. The van der Waals surface area contributed by atoms with Crippen LogP contribution in [0.4, 0.5) is 0 Å². The molecule has 4 bridgehead atoms. The first kappa shape index (κ1) is 20.7. The van der Waals surface area contributed by atoms with E-state index >= 15 is 0 Å². The van der Waals surface area contributed by atoms with E-state index in [0.29, 0.717) is 0 Å². The van der Waals surface area contributed by atoms with Gasteiger partial charge in [-0.2, -0.15) is 0 Å². The second-order valence-electron chi connectivity index (χ2n) is 9.12. The van der Waals surface area contributed by atoms with E-state index in [2.05, 4.69) is 91.0 Å². The van der Waals surface area contributed by atoms with Crippen molar-refractivity contribution in [1.29, 1.82) is 0 Å². The molecule has 0 atom stereocenters. The van der Waals surface area contributed by atoms with Crippen molar-refractivity contribution in [3.63, 3.8) is 0 Å². The Kier molecular flexibility index (Phi) is 5.35. The number of fused-ring (bicyclic) bond motifs is 1. The summed E-state index contributed by atoms with van der Waals surface area (Å²) in [6.45, 7) is 0. The van der Waals surface area contributed by atoms with Crippen molar-refractivity contribution >= 4 is 10.9 Å². The molecular weight excluding hydrogens is 414 g/mol. The molecule has 9 rings (SSSR count). The highest BCUT2D eigenvalue weighted by molar-refractivity contribution is 5.93. The van der Waals surface area contributed by atoms with Gasteiger partial charge in [-0.3, -0.25) is 0 Å². The predicted octanol–water partition coefficient (Wildman–Crippen LogP) is 7.46. The van der Waals surface area contributed by atoms with E-state index in [1.165, 1.54) is 33.4 Å². The van der Waals surface area contributed by atoms with Crippen LogP contribution < -0.4 is 4.74 Å². The zero-order valence-corrected chi connectivity index (χ0v) is 19.4. The standard InChI is InChI=1S/C32H27NO/c1-34-28-17-18-31-27(20-28)21-30(25-5-3-2-4-6-25)32(33-31)29-19-24-12-11-22-7-9-23(10-8-22)13-15-26(29)16-14-24/h2-10,14,16-21H,11-13,15H2,1H3. The maximum absolute atomic E-state index is 5.49. The van der Waals surface area contributed by atoms with Crippen LogP contribution in [0, 0.1) is 0 Å². The van der Waals surface area contributed by atoms with E-state index in [1.54, 1.807) is 7.11 Å². The third-order valence-corrected chi connectivity index (χ3v) is 6.94. The summed E-state index contributed by atoms with van der Waals surface area (Å²) >= 11 is 0. The highest BCUT2D eigenvalue weighted by atomic mass is 16.5. The molecule has 4 aliphatic carbocycles. The van der Waals surface area contributed by atoms with Crippen molar-refractivity contribution in [2.75, 3.05) is 7.11 Å². The van der Waals surface area contributed by atoms with E-state index in [1.807, 2.05) is 6.07 Å². The SMILES string of the molecule is COc1ccc2nc(-c3cc4ccc3CCc3ccc(cc3)CC4)c(-c3ccccc3)cc2c1. The Morgan fingerprint density at radius 3 is 2.09 bits per heavy atom. The number of benzene rings is 4. The van der Waals surface area contributed by atoms with Gasteiger partial charge in [0, 0.05) is 16.5 Å². The van der Waals surface area contributed by atoms with Crippen LogP contribution in [-0.2, 0) is 25.7 Å². The van der Waals surface area contributed by atoms with Crippen LogP contribution in [0.15, 0.2) is 97.1 Å². The Bertz CT molecular complexity index is 1470. The molecule has 4 aromatic carbocycles. The quantitative estimate of drug-likeness (QED) is 0.290. The van der Waals surface area contributed by atoms with Gasteiger partial charge in [0.2, 0.25) is 0 Å². The smallest absolute Gasteiger partial charge is 0.119 e. The molecule has 166 valence electrons. The summed E-state index contributed by atoms with van der Waals surface area (Å²) in [6.07, 6.45) is 4.09. The molecule has 0 saturated heterocycles. The highest BCUT2D eigenvalue weighted by Gasteiger charge is 2.16. The van der Waals surface area contributed by atoms with Crippen molar-refractivity contribution in [1.82, 2.24) is 4.98 Å². The third-order valence-electron chi connectivity index (χ3n) is 6.94. The third kappa shape index (κ3) is 3.97. The van der Waals surface area contributed by atoms with Gasteiger partial charge in [-0.25, -0.2) is 4.98 Å². The largest absolute Gasteiger partial charge is 0.497 e. The van der Waals surface area contributed by atoms with E-state index in [9.17, 15) is 0 Å². The number of methoxy groups -OCH3 is 1. The first-order chi connectivity index (χ1) is 16.8. The van der Waals surface area contributed by atoms with Crippen LogP contribution in [0.5, 0.6) is 5.75 Å². The van der Waals surface area contributed by atoms with Gasteiger partial charge in [0.05, 0.1) is 18.3 Å². The Morgan fingerprint density at radius 2 is 1.32 bits per heavy atom. The molecule has 0 fully saturated rings. The molecule has 1 heterocycles. The van der Waals surface area contributed by atoms with Gasteiger partial charge >= 0.3 is 0 Å². The number of pyridine rings is 1. The molecule has 0 aliphatic heterocycles. The number of aromatic nitrogens is 1. The van der Waals surface area contributed by atoms with Gasteiger partial charge in [-0.05, 0) is 83.8 Å². The average Bonchev–Trinajstić information content (AvgIpc) is 2.89. The van der Waals surface area contributed by atoms with E-state index in [0.717, 1.165) is 53.6 Å². The Balaban J connectivity index is 1.56. The van der Waals surface area contributed by atoms with Crippen molar-refractivity contribution in [2.24, 2.45) is 0 Å². The van der Waals surface area contributed by atoms with Crippen LogP contribution >= 0.6 is 0 Å². The topological polar surface area (TPSA) is 22.1 Å². The summed E-state index contributed by atoms with van der Waals surface area (Å²) in [4.78, 5) is 5.25. The maximum Gasteiger partial charge on any atom is 0.119 e. The molecule has 1 aromatic heterocycles. The summed E-state index contributed by atoms with van der Waals surface area (Å²) in [5, 5.41) is 1.09. The van der Waals surface area contributed by atoms with Crippen molar-refractivity contribution < 1.29 is 4.74 Å². The molecule has 0 saturated carbocycles. The summed E-state index contributed by atoms with van der Waals surface area (Å²) in [6, 6.07) is 35.2. The van der Waals surface area contributed by atoms with Crippen molar-refractivity contribution in [3.05, 3.63) is 119 Å². The highest BCUT2D eigenvalue weighted by Crippen LogP contribution is 2.37. The Hall–Kier alpha value is -3.91. The molecule has 5 aromatic rings. The minimum absolute atomic E-state index is 0.851. The summed E-state index contributed by atoms with van der Waals surface area (Å²) < 4.78 is 5.49. The fourth-order valence-electron chi connectivity index (χ4n) is 4.98. The Morgan fingerprint density at radius 1 is 0.618 bits per heavy atom. The summed E-state index contributed by atoms with van der Waals surface area (Å²) in [5.41, 5.74) is 11.2. The van der Waals surface area contributed by atoms with E-state index < -0.39 is 0 Å². The first-order valence-electron chi connectivity index (χ1n) is 12.0. The number of ether oxygens (including phenoxy) is 1. The zero-order chi connectivity index (χ0) is 22.9. The Labute approximate surface area is 200 Å². The van der Waals surface area contributed by atoms with Crippen LogP contribution in [0.3, 0.4) is 0 Å². The number of nitrogens with zero attached hydrogens (tertiary/aromatic N) is 1. The first-order valence-corrected chi connectivity index (χ1v) is 12.0. The second kappa shape index (κ2) is 8.79. The average molecular weight is 442 g/mol. The fourth-order valence-corrected chi connectivity index (χ4v) is 4.98. The van der Waals surface area contributed by atoms with Crippen LogP contribution in [-0.4, -0.2) is 12.1 Å². The number of rotatable bonds is 3. The minimum Gasteiger partial charge on any atom is -0.497 e. The van der Waals surface area contributed by atoms with E-state index in [-0.39, 0.29) is 0 Å². The van der Waals surface area contributed by atoms with Gasteiger partial charge in [-0.1, -0.05) is 66.7 Å². The second-order valence-corrected chi connectivity index (χ2v) is 9.12. The normalized spacial score (nSPS) is 13.0. The predicted molar refractivity (Wildman–Crippen MR) is 140 cm³/mol. The van der Waals surface area contributed by atoms with Gasteiger partial charge in [0.15, 0.2) is 0 Å². The molecule has 0 amide bonds. The lowest BCUT2D eigenvalue weighted by Crippen LogP contribution is -2.02. The lowest BCUT2D eigenvalue weighted by molar-refractivity contribution is 0.415. The summed E-state index contributed by atoms with van der Waals surface area (Å²) in [5.74, 6) is 0.851. The number of hydrogen-bond donors (Lipinski definition) is 0. The number of aryl methyl sites for hydroxylation is 4. The van der Waals surface area contributed by atoms with Crippen LogP contribution in [0.25, 0.3) is 33.3 Å². The molecule has 2 nitrogen and oxygen atoms in total. The molecule has 34 heavy (non-hydrogen) atoms. The van der Waals surface area contributed by atoms with Gasteiger partial charge in [-0.15, -0.1) is 0 Å². The van der Waals surface area contributed by atoms with Crippen molar-refractivity contribution in [3.8, 4) is 28.1 Å². The zero-order valence-electron chi connectivity index (χ0n) is 19.4. The van der Waals surface area contributed by atoms with Gasteiger partial charge < -0.3 is 4.74 Å². The molecule has 0 N–H and O–H groups in total. The molecule has 0 spiro atoms. The van der Waals surface area contributed by atoms with Crippen molar-refractivity contribution in [2.45, 2.75) is 25.7 Å². The molecule has 0 unspecified atom stereocenters. The van der Waals surface area contributed by atoms with Crippen LogP contribution in [0.2, 0.25) is 0 Å².